The van der Waals surface area contributed by atoms with E-state index in [4.69, 9.17) is 9.47 Å². The summed E-state index contributed by atoms with van der Waals surface area (Å²) in [6.07, 6.45) is 2.17. The number of quaternary nitrogens is 1. The Labute approximate surface area is 151 Å². The summed E-state index contributed by atoms with van der Waals surface area (Å²) < 4.78 is 11.4. The van der Waals surface area contributed by atoms with Crippen LogP contribution in [-0.4, -0.2) is 25.4 Å². The Morgan fingerprint density at radius 2 is 1.76 bits per heavy atom. The number of ether oxygens (including phenoxy) is 2. The molecule has 2 aromatic rings. The minimum atomic E-state index is -0.0335. The molecule has 1 aliphatic rings. The van der Waals surface area contributed by atoms with Crippen molar-refractivity contribution in [3.8, 4) is 5.75 Å². The number of benzene rings is 2. The Morgan fingerprint density at radius 1 is 1.04 bits per heavy atom. The summed E-state index contributed by atoms with van der Waals surface area (Å²) in [7, 11) is 1.71. The lowest BCUT2D eigenvalue weighted by Gasteiger charge is -2.39. The van der Waals surface area contributed by atoms with Gasteiger partial charge in [-0.1, -0.05) is 30.3 Å². The van der Waals surface area contributed by atoms with Gasteiger partial charge in [-0.25, -0.2) is 0 Å². The standard InChI is InChI=1S/C22H29NO2/c1-22(2)14-21(23-15-18-9-11-20(24-3)12-10-18)19(16-25-22)13-17-7-5-4-6-8-17/h4-12,19,21,23H,13-16H2,1-3H3/p+1/t19-,21-/m1/s1. The topological polar surface area (TPSA) is 35.1 Å². The normalized spacial score (nSPS) is 22.5. The molecule has 134 valence electrons. The van der Waals surface area contributed by atoms with E-state index >= 15 is 0 Å². The molecule has 0 aliphatic carbocycles. The van der Waals surface area contributed by atoms with Crippen molar-refractivity contribution >= 4 is 0 Å². The monoisotopic (exact) mass is 340 g/mol. The van der Waals surface area contributed by atoms with Gasteiger partial charge in [0.05, 0.1) is 25.4 Å². The lowest BCUT2D eigenvalue weighted by atomic mass is 9.83. The summed E-state index contributed by atoms with van der Waals surface area (Å²) in [4.78, 5) is 0. The molecular formula is C22H30NO2+. The lowest BCUT2D eigenvalue weighted by Crippen LogP contribution is -2.91. The molecule has 0 aromatic heterocycles. The van der Waals surface area contributed by atoms with E-state index in [0.717, 1.165) is 31.7 Å². The van der Waals surface area contributed by atoms with Crippen LogP contribution in [0.1, 0.15) is 31.4 Å². The zero-order chi connectivity index (χ0) is 17.7. The van der Waals surface area contributed by atoms with E-state index < -0.39 is 0 Å². The van der Waals surface area contributed by atoms with Crippen molar-refractivity contribution in [3.63, 3.8) is 0 Å². The maximum atomic E-state index is 6.13. The van der Waals surface area contributed by atoms with Gasteiger partial charge in [0.25, 0.3) is 0 Å². The molecule has 2 aromatic carbocycles. The number of methoxy groups -OCH3 is 1. The first kappa shape index (κ1) is 18.0. The molecule has 0 saturated carbocycles. The molecule has 2 atom stereocenters. The highest BCUT2D eigenvalue weighted by molar-refractivity contribution is 5.26. The maximum Gasteiger partial charge on any atom is 0.118 e. The second-order valence-electron chi connectivity index (χ2n) is 7.68. The first-order valence-corrected chi connectivity index (χ1v) is 9.20. The van der Waals surface area contributed by atoms with Crippen molar-refractivity contribution in [2.75, 3.05) is 13.7 Å². The van der Waals surface area contributed by atoms with Crippen molar-refractivity contribution in [2.45, 2.75) is 44.9 Å². The maximum absolute atomic E-state index is 6.13. The van der Waals surface area contributed by atoms with Crippen LogP contribution >= 0.6 is 0 Å². The molecule has 3 nitrogen and oxygen atoms in total. The Hall–Kier alpha value is -1.84. The minimum absolute atomic E-state index is 0.0335. The van der Waals surface area contributed by atoms with Gasteiger partial charge < -0.3 is 14.8 Å². The quantitative estimate of drug-likeness (QED) is 0.876. The third-order valence-electron chi connectivity index (χ3n) is 5.18. The third-order valence-corrected chi connectivity index (χ3v) is 5.18. The molecule has 1 aliphatic heterocycles. The fourth-order valence-corrected chi connectivity index (χ4v) is 3.70. The molecule has 0 bridgehead atoms. The van der Waals surface area contributed by atoms with Crippen LogP contribution in [0.5, 0.6) is 5.75 Å². The van der Waals surface area contributed by atoms with Gasteiger partial charge in [-0.3, -0.25) is 0 Å². The van der Waals surface area contributed by atoms with Crippen LogP contribution in [0.3, 0.4) is 0 Å². The van der Waals surface area contributed by atoms with Crippen molar-refractivity contribution in [2.24, 2.45) is 5.92 Å². The zero-order valence-electron chi connectivity index (χ0n) is 15.6. The van der Waals surface area contributed by atoms with Crippen molar-refractivity contribution < 1.29 is 14.8 Å². The van der Waals surface area contributed by atoms with Crippen LogP contribution in [0.2, 0.25) is 0 Å². The largest absolute Gasteiger partial charge is 0.497 e. The Morgan fingerprint density at radius 3 is 2.44 bits per heavy atom. The number of hydrogen-bond acceptors (Lipinski definition) is 2. The predicted molar refractivity (Wildman–Crippen MR) is 101 cm³/mol. The van der Waals surface area contributed by atoms with E-state index in [1.54, 1.807) is 7.11 Å². The van der Waals surface area contributed by atoms with Crippen molar-refractivity contribution in [1.82, 2.24) is 0 Å². The molecule has 0 unspecified atom stereocenters. The van der Waals surface area contributed by atoms with E-state index in [1.807, 2.05) is 12.1 Å². The summed E-state index contributed by atoms with van der Waals surface area (Å²) in [5, 5.41) is 2.50. The minimum Gasteiger partial charge on any atom is -0.497 e. The number of hydrogen-bond donors (Lipinski definition) is 1. The van der Waals surface area contributed by atoms with Crippen molar-refractivity contribution in [1.29, 1.82) is 0 Å². The average molecular weight is 340 g/mol. The molecule has 2 N–H and O–H groups in total. The molecule has 3 rings (SSSR count). The lowest BCUT2D eigenvalue weighted by molar-refractivity contribution is -0.716. The molecule has 1 saturated heterocycles. The molecule has 0 radical (unpaired) electrons. The SMILES string of the molecule is COc1ccc(C[NH2+][C@@H]2CC(C)(C)OC[C@H]2Cc2ccccc2)cc1. The predicted octanol–water partition coefficient (Wildman–Crippen LogP) is 3.19. The highest BCUT2D eigenvalue weighted by atomic mass is 16.5. The summed E-state index contributed by atoms with van der Waals surface area (Å²) >= 11 is 0. The summed E-state index contributed by atoms with van der Waals surface area (Å²) in [5.41, 5.74) is 2.70. The number of rotatable bonds is 6. The van der Waals surface area contributed by atoms with Crippen LogP contribution in [0, 0.1) is 5.92 Å². The van der Waals surface area contributed by atoms with Crippen LogP contribution < -0.4 is 10.1 Å². The number of nitrogens with two attached hydrogens (primary N) is 1. The van der Waals surface area contributed by atoms with Gasteiger partial charge >= 0.3 is 0 Å². The third kappa shape index (κ3) is 5.07. The molecule has 1 heterocycles. The van der Waals surface area contributed by atoms with Gasteiger partial charge in [0.2, 0.25) is 0 Å². The van der Waals surface area contributed by atoms with Crippen LogP contribution in [0.4, 0.5) is 0 Å². The zero-order valence-corrected chi connectivity index (χ0v) is 15.6. The van der Waals surface area contributed by atoms with Crippen LogP contribution in [-0.2, 0) is 17.7 Å². The molecule has 3 heteroatoms. The molecule has 1 fully saturated rings. The van der Waals surface area contributed by atoms with E-state index in [1.165, 1.54) is 11.1 Å². The van der Waals surface area contributed by atoms with E-state index in [-0.39, 0.29) is 5.60 Å². The van der Waals surface area contributed by atoms with Gasteiger partial charge in [0.1, 0.15) is 12.3 Å². The highest BCUT2D eigenvalue weighted by Crippen LogP contribution is 2.28. The van der Waals surface area contributed by atoms with Crippen LogP contribution in [0.15, 0.2) is 54.6 Å². The first-order chi connectivity index (χ1) is 12.1. The van der Waals surface area contributed by atoms with Gasteiger partial charge in [0.15, 0.2) is 0 Å². The first-order valence-electron chi connectivity index (χ1n) is 9.20. The van der Waals surface area contributed by atoms with E-state index in [0.29, 0.717) is 12.0 Å². The molecular weight excluding hydrogens is 310 g/mol. The Kier molecular flexibility index (Phi) is 5.77. The van der Waals surface area contributed by atoms with Gasteiger partial charge in [-0.2, -0.15) is 0 Å². The average Bonchev–Trinajstić information content (AvgIpc) is 2.63. The second kappa shape index (κ2) is 8.03. The second-order valence-corrected chi connectivity index (χ2v) is 7.68. The van der Waals surface area contributed by atoms with Crippen LogP contribution in [0.25, 0.3) is 0 Å². The van der Waals surface area contributed by atoms with Gasteiger partial charge in [-0.15, -0.1) is 0 Å². The van der Waals surface area contributed by atoms with E-state index in [9.17, 15) is 0 Å². The molecule has 0 spiro atoms. The Bertz CT molecular complexity index is 651. The summed E-state index contributed by atoms with van der Waals surface area (Å²) in [5.74, 6) is 1.46. The fraction of sp³-hybridized carbons (Fsp3) is 0.455. The Balaban J connectivity index is 1.65. The molecule has 0 amide bonds. The summed E-state index contributed by atoms with van der Waals surface area (Å²) in [6.45, 7) is 6.25. The fourth-order valence-electron chi connectivity index (χ4n) is 3.70. The van der Waals surface area contributed by atoms with Gasteiger partial charge in [0, 0.05) is 17.9 Å². The van der Waals surface area contributed by atoms with Crippen molar-refractivity contribution in [3.05, 3.63) is 65.7 Å². The van der Waals surface area contributed by atoms with E-state index in [2.05, 4.69) is 61.6 Å². The molecule has 25 heavy (non-hydrogen) atoms. The highest BCUT2D eigenvalue weighted by Gasteiger charge is 2.37. The van der Waals surface area contributed by atoms with Gasteiger partial charge in [-0.05, 0) is 50.1 Å². The summed E-state index contributed by atoms with van der Waals surface area (Å²) in [6, 6.07) is 19.7. The smallest absolute Gasteiger partial charge is 0.118 e.